The number of aromatic nitrogens is 2. The molecule has 2 heterocycles. The van der Waals surface area contributed by atoms with Crippen LogP contribution in [0.15, 0.2) is 29.8 Å². The summed E-state index contributed by atoms with van der Waals surface area (Å²) < 4.78 is 29.5. The Bertz CT molecular complexity index is 1300. The fraction of sp³-hybridized carbons (Fsp3) is 0.407. The minimum atomic E-state index is -0.795. The van der Waals surface area contributed by atoms with Gasteiger partial charge in [0, 0.05) is 28.7 Å². The van der Waals surface area contributed by atoms with Gasteiger partial charge in [0.15, 0.2) is 5.78 Å². The Labute approximate surface area is 217 Å². The minimum Gasteiger partial charge on any atom is -0.481 e. The van der Waals surface area contributed by atoms with Crippen LogP contribution in [0.1, 0.15) is 74.1 Å². The van der Waals surface area contributed by atoms with Crippen LogP contribution in [0.25, 0.3) is 0 Å². The summed E-state index contributed by atoms with van der Waals surface area (Å²) in [5.41, 5.74) is 2.50. The van der Waals surface area contributed by atoms with Crippen molar-refractivity contribution in [3.8, 4) is 0 Å². The molecule has 10 heteroatoms. The first-order valence-electron chi connectivity index (χ1n) is 12.1. The first-order chi connectivity index (χ1) is 17.5. The molecule has 3 aromatic rings. The molecular weight excluding hydrogens is 500 g/mol. The fourth-order valence-corrected chi connectivity index (χ4v) is 5.97. The SMILES string of the molecule is Cc1csc(C)c1C(=O)CN(Cc1cc(F)cc(F)c1)C(=O)c1cnn(C2CCC(C(=O)O)CC2)c1C. The second-order valence-electron chi connectivity index (χ2n) is 9.64. The Balaban J connectivity index is 1.61. The number of aryl methyl sites for hydroxylation is 2. The van der Waals surface area contributed by atoms with Gasteiger partial charge in [-0.25, -0.2) is 8.78 Å². The number of aliphatic carboxylic acids is 1. The predicted octanol–water partition coefficient (Wildman–Crippen LogP) is 5.49. The molecule has 1 N–H and O–H groups in total. The molecule has 196 valence electrons. The lowest BCUT2D eigenvalue weighted by Crippen LogP contribution is -2.36. The molecule has 0 aliphatic heterocycles. The third kappa shape index (κ3) is 5.79. The Kier molecular flexibility index (Phi) is 7.87. The van der Waals surface area contributed by atoms with Crippen LogP contribution in [0.5, 0.6) is 0 Å². The van der Waals surface area contributed by atoms with Gasteiger partial charge in [0.1, 0.15) is 11.6 Å². The van der Waals surface area contributed by atoms with E-state index in [2.05, 4.69) is 5.10 Å². The number of carbonyl (C=O) groups excluding carboxylic acids is 2. The number of amides is 1. The maximum atomic E-state index is 13.9. The second kappa shape index (κ2) is 10.9. The van der Waals surface area contributed by atoms with Crippen molar-refractivity contribution >= 4 is 29.0 Å². The molecule has 1 aliphatic rings. The quantitative estimate of drug-likeness (QED) is 0.390. The van der Waals surface area contributed by atoms with Crippen molar-refractivity contribution in [1.29, 1.82) is 0 Å². The van der Waals surface area contributed by atoms with Gasteiger partial charge in [0.25, 0.3) is 5.91 Å². The van der Waals surface area contributed by atoms with E-state index in [0.717, 1.165) is 28.6 Å². The van der Waals surface area contributed by atoms with Crippen molar-refractivity contribution in [1.82, 2.24) is 14.7 Å². The van der Waals surface area contributed by atoms with Crippen molar-refractivity contribution < 1.29 is 28.3 Å². The number of Topliss-reactive ketones (excluding diaryl/α,β-unsaturated/α-hetero) is 1. The standard InChI is InChI=1S/C27H29F2N3O4S/c1-15-14-37-17(3)25(15)24(33)13-31(12-18-8-20(28)10-21(29)9-18)26(34)23-11-30-32(16(23)2)22-6-4-19(5-7-22)27(35)36/h8-11,14,19,22H,4-7,12-13H2,1-3H3,(H,35,36). The number of carbonyl (C=O) groups is 3. The van der Waals surface area contributed by atoms with Gasteiger partial charge in [-0.2, -0.15) is 5.10 Å². The topological polar surface area (TPSA) is 92.5 Å². The van der Waals surface area contributed by atoms with Crippen molar-refractivity contribution in [2.45, 2.75) is 59.0 Å². The summed E-state index contributed by atoms with van der Waals surface area (Å²) in [4.78, 5) is 40.4. The number of carboxylic acids is 1. The molecule has 0 spiro atoms. The summed E-state index contributed by atoms with van der Waals surface area (Å²) >= 11 is 1.45. The highest BCUT2D eigenvalue weighted by atomic mass is 32.1. The lowest BCUT2D eigenvalue weighted by atomic mass is 9.86. The molecule has 7 nitrogen and oxygen atoms in total. The van der Waals surface area contributed by atoms with Crippen LogP contribution >= 0.6 is 11.3 Å². The average Bonchev–Trinajstić information content (AvgIpc) is 3.38. The van der Waals surface area contributed by atoms with Crippen molar-refractivity contribution in [3.63, 3.8) is 0 Å². The summed E-state index contributed by atoms with van der Waals surface area (Å²) in [5.74, 6) is -3.41. The van der Waals surface area contributed by atoms with E-state index in [-0.39, 0.29) is 36.4 Å². The van der Waals surface area contributed by atoms with Crippen molar-refractivity contribution in [3.05, 3.63) is 74.2 Å². The Morgan fingerprint density at radius 2 is 1.73 bits per heavy atom. The van der Waals surface area contributed by atoms with Gasteiger partial charge in [-0.3, -0.25) is 19.1 Å². The van der Waals surface area contributed by atoms with Gasteiger partial charge >= 0.3 is 5.97 Å². The Morgan fingerprint density at radius 1 is 1.08 bits per heavy atom. The number of benzene rings is 1. The average molecular weight is 530 g/mol. The first kappa shape index (κ1) is 26.7. The van der Waals surface area contributed by atoms with E-state index in [0.29, 0.717) is 42.5 Å². The third-order valence-electron chi connectivity index (χ3n) is 7.02. The highest BCUT2D eigenvalue weighted by Crippen LogP contribution is 2.33. The maximum Gasteiger partial charge on any atom is 0.306 e. The summed E-state index contributed by atoms with van der Waals surface area (Å²) in [6.07, 6.45) is 3.79. The Morgan fingerprint density at radius 3 is 2.30 bits per heavy atom. The van der Waals surface area contributed by atoms with Crippen molar-refractivity contribution in [2.24, 2.45) is 5.92 Å². The molecule has 1 fully saturated rings. The zero-order chi connectivity index (χ0) is 26.9. The number of carboxylic acid groups (broad SMARTS) is 1. The normalized spacial score (nSPS) is 17.5. The molecule has 1 amide bonds. The number of nitrogens with zero attached hydrogens (tertiary/aromatic N) is 3. The molecular formula is C27H29F2N3O4S. The van der Waals surface area contributed by atoms with Crippen LogP contribution in [0.2, 0.25) is 0 Å². The Hall–Kier alpha value is -3.40. The smallest absolute Gasteiger partial charge is 0.306 e. The molecule has 0 saturated heterocycles. The number of rotatable bonds is 8. The van der Waals surface area contributed by atoms with Gasteiger partial charge in [0.05, 0.1) is 30.3 Å². The van der Waals surface area contributed by atoms with E-state index >= 15 is 0 Å². The molecule has 1 saturated carbocycles. The van der Waals surface area contributed by atoms with Crippen LogP contribution < -0.4 is 0 Å². The van der Waals surface area contributed by atoms with E-state index in [1.165, 1.54) is 22.4 Å². The van der Waals surface area contributed by atoms with Crippen LogP contribution in [0.3, 0.4) is 0 Å². The minimum absolute atomic E-state index is 0.0272. The number of thiophene rings is 1. The summed E-state index contributed by atoms with van der Waals surface area (Å²) in [6.45, 7) is 5.02. The van der Waals surface area contributed by atoms with Gasteiger partial charge in [-0.15, -0.1) is 11.3 Å². The summed E-state index contributed by atoms with van der Waals surface area (Å²) in [7, 11) is 0. The fourth-order valence-electron chi connectivity index (χ4n) is 5.10. The monoisotopic (exact) mass is 529 g/mol. The first-order valence-corrected chi connectivity index (χ1v) is 13.0. The molecule has 2 aromatic heterocycles. The van der Waals surface area contributed by atoms with Crippen LogP contribution in [-0.2, 0) is 11.3 Å². The molecule has 0 unspecified atom stereocenters. The van der Waals surface area contributed by atoms with Crippen LogP contribution in [0.4, 0.5) is 8.78 Å². The molecule has 4 rings (SSSR count). The van der Waals surface area contributed by atoms with E-state index in [4.69, 9.17) is 0 Å². The van der Waals surface area contributed by atoms with Gasteiger partial charge in [0.2, 0.25) is 0 Å². The number of halogens is 2. The number of hydrogen-bond acceptors (Lipinski definition) is 5. The lowest BCUT2D eigenvalue weighted by Gasteiger charge is -2.27. The predicted molar refractivity (Wildman–Crippen MR) is 135 cm³/mol. The van der Waals surface area contributed by atoms with Gasteiger partial charge < -0.3 is 10.0 Å². The number of hydrogen-bond donors (Lipinski definition) is 1. The lowest BCUT2D eigenvalue weighted by molar-refractivity contribution is -0.143. The molecule has 0 bridgehead atoms. The van der Waals surface area contributed by atoms with E-state index in [9.17, 15) is 28.3 Å². The maximum absolute atomic E-state index is 13.9. The van der Waals surface area contributed by atoms with Crippen LogP contribution in [0, 0.1) is 38.3 Å². The third-order valence-corrected chi connectivity index (χ3v) is 8.05. The van der Waals surface area contributed by atoms with E-state index in [1.807, 2.05) is 19.2 Å². The molecule has 1 aliphatic carbocycles. The molecule has 1 aromatic carbocycles. The molecule has 37 heavy (non-hydrogen) atoms. The molecule has 0 atom stereocenters. The van der Waals surface area contributed by atoms with E-state index in [1.54, 1.807) is 11.6 Å². The highest BCUT2D eigenvalue weighted by Gasteiger charge is 2.30. The molecule has 0 radical (unpaired) electrons. The zero-order valence-corrected chi connectivity index (χ0v) is 21.8. The van der Waals surface area contributed by atoms with Gasteiger partial charge in [-0.05, 0) is 75.1 Å². The number of ketones is 1. The summed E-state index contributed by atoms with van der Waals surface area (Å²) in [5, 5.41) is 15.6. The summed E-state index contributed by atoms with van der Waals surface area (Å²) in [6, 6.07) is 3.02. The van der Waals surface area contributed by atoms with Crippen molar-refractivity contribution in [2.75, 3.05) is 6.54 Å². The second-order valence-corrected chi connectivity index (χ2v) is 10.7. The largest absolute Gasteiger partial charge is 0.481 e. The van der Waals surface area contributed by atoms with Crippen LogP contribution in [-0.4, -0.2) is 44.0 Å². The zero-order valence-electron chi connectivity index (χ0n) is 21.0. The highest BCUT2D eigenvalue weighted by molar-refractivity contribution is 7.10. The van der Waals surface area contributed by atoms with E-state index < -0.39 is 23.5 Å². The van der Waals surface area contributed by atoms with Gasteiger partial charge in [-0.1, -0.05) is 0 Å².